The fourth-order valence-corrected chi connectivity index (χ4v) is 2.49. The molecule has 0 fully saturated rings. The van der Waals surface area contributed by atoms with Crippen LogP contribution in [0.4, 0.5) is 5.69 Å². The molecule has 3 aromatic rings. The Labute approximate surface area is 129 Å². The van der Waals surface area contributed by atoms with Crippen LogP contribution in [-0.2, 0) is 13.0 Å². The number of aromatic nitrogens is 2. The van der Waals surface area contributed by atoms with Gasteiger partial charge in [0.2, 0.25) is 0 Å². The van der Waals surface area contributed by atoms with Gasteiger partial charge >= 0.3 is 0 Å². The third-order valence-electron chi connectivity index (χ3n) is 3.44. The second kappa shape index (κ2) is 6.02. The van der Waals surface area contributed by atoms with Crippen LogP contribution in [0.1, 0.15) is 17.0 Å². The van der Waals surface area contributed by atoms with E-state index in [9.17, 15) is 0 Å². The Morgan fingerprint density at radius 2 is 1.81 bits per heavy atom. The Hall–Kier alpha value is -2.26. The van der Waals surface area contributed by atoms with Gasteiger partial charge in [-0.25, -0.2) is 4.98 Å². The molecule has 0 bridgehead atoms. The van der Waals surface area contributed by atoms with Gasteiger partial charge in [-0.05, 0) is 29.3 Å². The summed E-state index contributed by atoms with van der Waals surface area (Å²) < 4.78 is 2.13. The topological polar surface area (TPSA) is 43.8 Å². The van der Waals surface area contributed by atoms with Gasteiger partial charge in [-0.15, -0.1) is 0 Å². The molecule has 0 saturated heterocycles. The molecule has 0 aliphatic rings. The van der Waals surface area contributed by atoms with Crippen molar-refractivity contribution in [1.82, 2.24) is 9.55 Å². The minimum atomic E-state index is 0.724. The molecule has 0 saturated carbocycles. The van der Waals surface area contributed by atoms with Gasteiger partial charge in [0.25, 0.3) is 0 Å². The van der Waals surface area contributed by atoms with Crippen molar-refractivity contribution in [1.29, 1.82) is 0 Å². The zero-order valence-electron chi connectivity index (χ0n) is 11.5. The third-order valence-corrected chi connectivity index (χ3v) is 3.81. The van der Waals surface area contributed by atoms with E-state index in [1.807, 2.05) is 60.9 Å². The van der Waals surface area contributed by atoms with Gasteiger partial charge in [0.05, 0.1) is 0 Å². The Bertz CT molecular complexity index is 732. The Morgan fingerprint density at radius 3 is 2.57 bits per heavy atom. The summed E-state index contributed by atoms with van der Waals surface area (Å²) in [4.78, 5) is 4.45. The molecule has 1 heterocycles. The molecular weight excluding hydrogens is 282 g/mol. The predicted octanol–water partition coefficient (Wildman–Crippen LogP) is 3.76. The first-order valence-electron chi connectivity index (χ1n) is 6.80. The maximum absolute atomic E-state index is 6.22. The molecule has 0 atom stereocenters. The van der Waals surface area contributed by atoms with E-state index in [2.05, 4.69) is 9.55 Å². The van der Waals surface area contributed by atoms with E-state index in [1.54, 1.807) is 0 Å². The van der Waals surface area contributed by atoms with E-state index < -0.39 is 0 Å². The molecule has 0 amide bonds. The standard InChI is InChI=1S/C17H16ClN3/c18-16-4-2-1-3-14(16)11-17-20-9-10-21(17)12-13-5-7-15(19)8-6-13/h1-10H,11-12,19H2. The Kier molecular flexibility index (Phi) is 3.93. The highest BCUT2D eigenvalue weighted by atomic mass is 35.5. The van der Waals surface area contributed by atoms with Crippen LogP contribution >= 0.6 is 11.6 Å². The number of benzene rings is 2. The molecule has 0 aliphatic heterocycles. The van der Waals surface area contributed by atoms with Crippen molar-refractivity contribution in [2.75, 3.05) is 5.73 Å². The minimum absolute atomic E-state index is 0.724. The highest BCUT2D eigenvalue weighted by Crippen LogP contribution is 2.19. The van der Waals surface area contributed by atoms with Gasteiger partial charge in [-0.1, -0.05) is 41.9 Å². The molecule has 2 aromatic carbocycles. The molecule has 3 nitrogen and oxygen atoms in total. The smallest absolute Gasteiger partial charge is 0.113 e. The highest BCUT2D eigenvalue weighted by Gasteiger charge is 2.07. The summed E-state index contributed by atoms with van der Waals surface area (Å²) >= 11 is 6.22. The first-order valence-corrected chi connectivity index (χ1v) is 7.18. The number of nitrogens with two attached hydrogens (primary N) is 1. The fourth-order valence-electron chi connectivity index (χ4n) is 2.28. The van der Waals surface area contributed by atoms with E-state index >= 15 is 0 Å². The third kappa shape index (κ3) is 3.26. The summed E-state index contributed by atoms with van der Waals surface area (Å²) in [6.45, 7) is 0.778. The molecule has 4 heteroatoms. The normalized spacial score (nSPS) is 10.7. The molecule has 1 aromatic heterocycles. The highest BCUT2D eigenvalue weighted by molar-refractivity contribution is 6.31. The minimum Gasteiger partial charge on any atom is -0.399 e. The lowest BCUT2D eigenvalue weighted by Crippen LogP contribution is -2.05. The van der Waals surface area contributed by atoms with Gasteiger partial charge in [0.1, 0.15) is 5.82 Å². The number of nitrogen functional groups attached to an aromatic ring is 1. The summed E-state index contributed by atoms with van der Waals surface area (Å²) in [6, 6.07) is 15.8. The average Bonchev–Trinajstić information content (AvgIpc) is 2.91. The van der Waals surface area contributed by atoms with Gasteiger partial charge in [-0.2, -0.15) is 0 Å². The lowest BCUT2D eigenvalue weighted by Gasteiger charge is -2.09. The van der Waals surface area contributed by atoms with Crippen LogP contribution in [0, 0.1) is 0 Å². The lowest BCUT2D eigenvalue weighted by atomic mass is 10.1. The summed E-state index contributed by atoms with van der Waals surface area (Å²) in [7, 11) is 0. The number of hydrogen-bond acceptors (Lipinski definition) is 2. The monoisotopic (exact) mass is 297 g/mol. The first-order chi connectivity index (χ1) is 10.2. The maximum Gasteiger partial charge on any atom is 0.113 e. The maximum atomic E-state index is 6.22. The van der Waals surface area contributed by atoms with E-state index in [0.29, 0.717) is 0 Å². The van der Waals surface area contributed by atoms with Crippen molar-refractivity contribution in [3.8, 4) is 0 Å². The Balaban J connectivity index is 1.81. The quantitative estimate of drug-likeness (QED) is 0.745. The van der Waals surface area contributed by atoms with E-state index in [4.69, 9.17) is 17.3 Å². The van der Waals surface area contributed by atoms with Crippen LogP contribution in [0.5, 0.6) is 0 Å². The molecule has 2 N–H and O–H groups in total. The molecule has 0 spiro atoms. The van der Waals surface area contributed by atoms with Gasteiger partial charge in [0.15, 0.2) is 0 Å². The zero-order valence-corrected chi connectivity index (χ0v) is 12.3. The molecule has 0 aliphatic carbocycles. The van der Waals surface area contributed by atoms with E-state index in [0.717, 1.165) is 35.1 Å². The van der Waals surface area contributed by atoms with Crippen LogP contribution in [0.3, 0.4) is 0 Å². The summed E-state index contributed by atoms with van der Waals surface area (Å²) in [5.74, 6) is 1.000. The Morgan fingerprint density at radius 1 is 1.05 bits per heavy atom. The lowest BCUT2D eigenvalue weighted by molar-refractivity contribution is 0.740. The first kappa shape index (κ1) is 13.7. The van der Waals surface area contributed by atoms with Gasteiger partial charge in [-0.3, -0.25) is 0 Å². The summed E-state index contributed by atoms with van der Waals surface area (Å²) in [5.41, 5.74) is 8.78. The van der Waals surface area contributed by atoms with Crippen LogP contribution < -0.4 is 5.73 Å². The van der Waals surface area contributed by atoms with Crippen LogP contribution in [0.25, 0.3) is 0 Å². The molecule has 0 radical (unpaired) electrons. The van der Waals surface area contributed by atoms with Crippen molar-refractivity contribution < 1.29 is 0 Å². The van der Waals surface area contributed by atoms with E-state index in [1.165, 1.54) is 5.56 Å². The predicted molar refractivity (Wildman–Crippen MR) is 86.4 cm³/mol. The number of anilines is 1. The van der Waals surface area contributed by atoms with Crippen LogP contribution in [0.2, 0.25) is 5.02 Å². The number of rotatable bonds is 4. The number of nitrogens with zero attached hydrogens (tertiary/aromatic N) is 2. The second-order valence-electron chi connectivity index (χ2n) is 4.98. The second-order valence-corrected chi connectivity index (χ2v) is 5.39. The number of hydrogen-bond donors (Lipinski definition) is 1. The fraction of sp³-hybridized carbons (Fsp3) is 0.118. The summed E-state index contributed by atoms with van der Waals surface area (Å²) in [6.07, 6.45) is 4.54. The van der Waals surface area contributed by atoms with Gasteiger partial charge in [0, 0.05) is 36.1 Å². The van der Waals surface area contributed by atoms with E-state index in [-0.39, 0.29) is 0 Å². The van der Waals surface area contributed by atoms with Crippen molar-refractivity contribution >= 4 is 17.3 Å². The largest absolute Gasteiger partial charge is 0.399 e. The van der Waals surface area contributed by atoms with Gasteiger partial charge < -0.3 is 10.3 Å². The zero-order chi connectivity index (χ0) is 14.7. The molecule has 3 rings (SSSR count). The molecule has 21 heavy (non-hydrogen) atoms. The molecular formula is C17H16ClN3. The number of imidazole rings is 1. The summed E-state index contributed by atoms with van der Waals surface area (Å²) in [5, 5.41) is 0.777. The van der Waals surface area contributed by atoms with Crippen LogP contribution in [-0.4, -0.2) is 9.55 Å². The molecule has 0 unspecified atom stereocenters. The molecule has 106 valence electrons. The van der Waals surface area contributed by atoms with Crippen molar-refractivity contribution in [3.05, 3.63) is 82.9 Å². The SMILES string of the molecule is Nc1ccc(Cn2ccnc2Cc2ccccc2Cl)cc1. The van der Waals surface area contributed by atoms with Crippen molar-refractivity contribution in [2.24, 2.45) is 0 Å². The average molecular weight is 298 g/mol. The van der Waals surface area contributed by atoms with Crippen molar-refractivity contribution in [2.45, 2.75) is 13.0 Å². The van der Waals surface area contributed by atoms with Crippen LogP contribution in [0.15, 0.2) is 60.9 Å². The van der Waals surface area contributed by atoms with Crippen molar-refractivity contribution in [3.63, 3.8) is 0 Å². The number of halogens is 1.